The second-order valence-corrected chi connectivity index (χ2v) is 6.76. The van der Waals surface area contributed by atoms with Crippen molar-refractivity contribution in [2.75, 3.05) is 6.61 Å². The lowest BCUT2D eigenvalue weighted by Crippen LogP contribution is -2.05. The van der Waals surface area contributed by atoms with E-state index in [0.29, 0.717) is 27.9 Å². The van der Waals surface area contributed by atoms with Crippen molar-refractivity contribution >= 4 is 16.9 Å². The van der Waals surface area contributed by atoms with Gasteiger partial charge in [-0.05, 0) is 66.4 Å². The number of aryl methyl sites for hydroxylation is 1. The van der Waals surface area contributed by atoms with Crippen LogP contribution in [0, 0.1) is 5.82 Å². The number of furan rings is 1. The van der Waals surface area contributed by atoms with Crippen LogP contribution in [0.4, 0.5) is 4.39 Å². The fraction of sp³-hybridized carbons (Fsp3) is 0.160. The van der Waals surface area contributed by atoms with Gasteiger partial charge in [0.2, 0.25) is 0 Å². The topological polar surface area (TPSA) is 39.4 Å². The van der Waals surface area contributed by atoms with Gasteiger partial charge >= 0.3 is 5.97 Å². The van der Waals surface area contributed by atoms with Crippen LogP contribution in [-0.4, -0.2) is 12.6 Å². The predicted molar refractivity (Wildman–Crippen MR) is 112 cm³/mol. The normalized spacial score (nSPS) is 11.0. The molecule has 4 rings (SSSR count). The predicted octanol–water partition coefficient (Wildman–Crippen LogP) is 6.65. The van der Waals surface area contributed by atoms with Crippen LogP contribution in [-0.2, 0) is 11.2 Å². The molecule has 4 aromatic rings. The number of benzene rings is 3. The zero-order chi connectivity index (χ0) is 20.4. The van der Waals surface area contributed by atoms with Crippen molar-refractivity contribution in [1.82, 2.24) is 0 Å². The van der Waals surface area contributed by atoms with Crippen LogP contribution in [0.25, 0.3) is 33.4 Å². The van der Waals surface area contributed by atoms with E-state index >= 15 is 0 Å². The van der Waals surface area contributed by atoms with Crippen molar-refractivity contribution in [2.45, 2.75) is 20.3 Å². The highest BCUT2D eigenvalue weighted by Crippen LogP contribution is 2.38. The van der Waals surface area contributed by atoms with Gasteiger partial charge in [-0.3, -0.25) is 0 Å². The number of hydrogen-bond donors (Lipinski definition) is 0. The number of rotatable bonds is 5. The molecule has 3 nitrogen and oxygen atoms in total. The molecule has 1 aromatic heterocycles. The Morgan fingerprint density at radius 2 is 1.69 bits per heavy atom. The Morgan fingerprint density at radius 3 is 2.34 bits per heavy atom. The van der Waals surface area contributed by atoms with Crippen molar-refractivity contribution in [1.29, 1.82) is 0 Å². The lowest BCUT2D eigenvalue weighted by atomic mass is 9.95. The second-order valence-electron chi connectivity index (χ2n) is 6.76. The van der Waals surface area contributed by atoms with Crippen LogP contribution in [0.1, 0.15) is 29.8 Å². The van der Waals surface area contributed by atoms with Gasteiger partial charge in [0.25, 0.3) is 0 Å². The Balaban J connectivity index is 2.00. The van der Waals surface area contributed by atoms with Gasteiger partial charge in [0.15, 0.2) is 0 Å². The molecule has 29 heavy (non-hydrogen) atoms. The molecular weight excluding hydrogens is 367 g/mol. The standard InChI is InChI=1S/C25H21FO3/c1-3-16-14-22-21(15-20(16)17-8-6-5-7-9-17)23(25(27)28-4-2)24(29-22)18-10-12-19(26)13-11-18/h5-15H,3-4H2,1-2H3. The Hall–Kier alpha value is -3.40. The average Bonchev–Trinajstić information content (AvgIpc) is 3.12. The van der Waals surface area contributed by atoms with E-state index in [-0.39, 0.29) is 12.4 Å². The van der Waals surface area contributed by atoms with E-state index in [1.165, 1.54) is 12.1 Å². The minimum Gasteiger partial charge on any atom is -0.462 e. The van der Waals surface area contributed by atoms with Crippen LogP contribution in [0.5, 0.6) is 0 Å². The fourth-order valence-corrected chi connectivity index (χ4v) is 3.57. The SMILES string of the molecule is CCOC(=O)c1c(-c2ccc(F)cc2)oc2cc(CC)c(-c3ccccc3)cc12. The lowest BCUT2D eigenvalue weighted by molar-refractivity contribution is 0.0529. The summed E-state index contributed by atoms with van der Waals surface area (Å²) in [4.78, 5) is 12.8. The number of fused-ring (bicyclic) bond motifs is 1. The summed E-state index contributed by atoms with van der Waals surface area (Å²) in [5.41, 5.74) is 4.86. The summed E-state index contributed by atoms with van der Waals surface area (Å²) in [6, 6.07) is 19.9. The highest BCUT2D eigenvalue weighted by Gasteiger charge is 2.24. The summed E-state index contributed by atoms with van der Waals surface area (Å²) in [6.07, 6.45) is 0.821. The molecule has 0 aliphatic carbocycles. The summed E-state index contributed by atoms with van der Waals surface area (Å²) in [6.45, 7) is 4.11. The fourth-order valence-electron chi connectivity index (χ4n) is 3.57. The van der Waals surface area contributed by atoms with Gasteiger partial charge in [0.1, 0.15) is 22.7 Å². The van der Waals surface area contributed by atoms with Crippen molar-refractivity contribution in [3.8, 4) is 22.5 Å². The van der Waals surface area contributed by atoms with E-state index in [9.17, 15) is 9.18 Å². The minimum atomic E-state index is -0.450. The molecule has 3 aromatic carbocycles. The molecular formula is C25H21FO3. The van der Waals surface area contributed by atoms with Crippen LogP contribution < -0.4 is 0 Å². The van der Waals surface area contributed by atoms with Crippen molar-refractivity contribution < 1.29 is 18.3 Å². The van der Waals surface area contributed by atoms with Crippen LogP contribution in [0.3, 0.4) is 0 Å². The summed E-state index contributed by atoms with van der Waals surface area (Å²) in [5.74, 6) is -0.401. The van der Waals surface area contributed by atoms with E-state index in [2.05, 4.69) is 6.92 Å². The maximum atomic E-state index is 13.4. The van der Waals surface area contributed by atoms with E-state index in [1.54, 1.807) is 19.1 Å². The molecule has 146 valence electrons. The number of hydrogen-bond acceptors (Lipinski definition) is 3. The molecule has 0 radical (unpaired) electrons. The summed E-state index contributed by atoms with van der Waals surface area (Å²) < 4.78 is 24.8. The van der Waals surface area contributed by atoms with Gasteiger partial charge in [-0.1, -0.05) is 37.3 Å². The average molecular weight is 388 g/mol. The molecule has 0 amide bonds. The highest BCUT2D eigenvalue weighted by molar-refractivity contribution is 6.10. The van der Waals surface area contributed by atoms with Crippen LogP contribution in [0.2, 0.25) is 0 Å². The third-order valence-corrected chi connectivity index (χ3v) is 4.97. The molecule has 0 saturated carbocycles. The maximum absolute atomic E-state index is 13.4. The Morgan fingerprint density at radius 1 is 0.966 bits per heavy atom. The van der Waals surface area contributed by atoms with Gasteiger partial charge in [-0.25, -0.2) is 9.18 Å². The first-order chi connectivity index (χ1) is 14.1. The Labute approximate surface area is 168 Å². The zero-order valence-corrected chi connectivity index (χ0v) is 16.4. The molecule has 0 atom stereocenters. The molecule has 1 heterocycles. The van der Waals surface area contributed by atoms with Crippen LogP contribution in [0.15, 0.2) is 71.1 Å². The minimum absolute atomic E-state index is 0.257. The van der Waals surface area contributed by atoms with Gasteiger partial charge in [-0.15, -0.1) is 0 Å². The smallest absolute Gasteiger partial charge is 0.342 e. The van der Waals surface area contributed by atoms with E-state index in [4.69, 9.17) is 9.15 Å². The Kier molecular flexibility index (Phi) is 5.17. The van der Waals surface area contributed by atoms with Gasteiger partial charge in [-0.2, -0.15) is 0 Å². The van der Waals surface area contributed by atoms with Crippen molar-refractivity contribution in [2.24, 2.45) is 0 Å². The number of ether oxygens (including phenoxy) is 1. The van der Waals surface area contributed by atoms with E-state index < -0.39 is 5.97 Å². The molecule has 0 bridgehead atoms. The first kappa shape index (κ1) is 18.9. The lowest BCUT2D eigenvalue weighted by Gasteiger charge is -2.09. The largest absolute Gasteiger partial charge is 0.462 e. The molecule has 4 heteroatoms. The summed E-state index contributed by atoms with van der Waals surface area (Å²) in [5, 5.41) is 0.693. The van der Waals surface area contributed by atoms with E-state index in [1.807, 2.05) is 42.5 Å². The molecule has 0 aliphatic rings. The van der Waals surface area contributed by atoms with Crippen LogP contribution >= 0.6 is 0 Å². The third-order valence-electron chi connectivity index (χ3n) is 4.97. The van der Waals surface area contributed by atoms with Crippen molar-refractivity contribution in [3.05, 3.63) is 83.7 Å². The van der Waals surface area contributed by atoms with Gasteiger partial charge in [0, 0.05) is 10.9 Å². The Bertz CT molecular complexity index is 1160. The summed E-state index contributed by atoms with van der Waals surface area (Å²) >= 11 is 0. The number of carbonyl (C=O) groups is 1. The van der Waals surface area contributed by atoms with E-state index in [0.717, 1.165) is 23.1 Å². The monoisotopic (exact) mass is 388 g/mol. The molecule has 0 saturated heterocycles. The maximum Gasteiger partial charge on any atom is 0.342 e. The third kappa shape index (κ3) is 3.54. The molecule has 0 fully saturated rings. The second kappa shape index (κ2) is 7.92. The highest BCUT2D eigenvalue weighted by atomic mass is 19.1. The number of halogens is 1. The molecule has 0 aliphatic heterocycles. The first-order valence-corrected chi connectivity index (χ1v) is 9.70. The molecule has 0 unspecified atom stereocenters. The van der Waals surface area contributed by atoms with Gasteiger partial charge in [0.05, 0.1) is 6.61 Å². The molecule has 0 spiro atoms. The number of carbonyl (C=O) groups excluding carboxylic acids is 1. The zero-order valence-electron chi connectivity index (χ0n) is 16.4. The first-order valence-electron chi connectivity index (χ1n) is 9.70. The number of esters is 1. The van der Waals surface area contributed by atoms with Crippen molar-refractivity contribution in [3.63, 3.8) is 0 Å². The van der Waals surface area contributed by atoms with Gasteiger partial charge < -0.3 is 9.15 Å². The molecule has 0 N–H and O–H groups in total. The quantitative estimate of drug-likeness (QED) is 0.360. The summed E-state index contributed by atoms with van der Waals surface area (Å²) in [7, 11) is 0.